The van der Waals surface area contributed by atoms with Gasteiger partial charge in [0.1, 0.15) is 5.01 Å². The highest BCUT2D eigenvalue weighted by molar-refractivity contribution is 7.20. The summed E-state index contributed by atoms with van der Waals surface area (Å²) in [6.45, 7) is 1.67. The molecule has 0 saturated heterocycles. The first-order chi connectivity index (χ1) is 13.5. The van der Waals surface area contributed by atoms with E-state index in [0.29, 0.717) is 5.01 Å². The summed E-state index contributed by atoms with van der Waals surface area (Å²) in [5, 5.41) is 8.93. The minimum absolute atomic E-state index is 0.126. The van der Waals surface area contributed by atoms with Crippen molar-refractivity contribution in [2.24, 2.45) is 0 Å². The Morgan fingerprint density at radius 1 is 1.11 bits per heavy atom. The number of amides is 3. The number of ether oxygens (including phenoxy) is 1. The van der Waals surface area contributed by atoms with Crippen molar-refractivity contribution < 1.29 is 19.1 Å². The molecule has 3 aromatic rings. The van der Waals surface area contributed by atoms with E-state index < -0.39 is 24.0 Å². The summed E-state index contributed by atoms with van der Waals surface area (Å²) in [6, 6.07) is 12.4. The number of hydrogen-bond acceptors (Lipinski definition) is 7. The lowest BCUT2D eigenvalue weighted by Crippen LogP contribution is -2.44. The minimum atomic E-state index is -1.14. The Labute approximate surface area is 169 Å². The monoisotopic (exact) mass is 415 g/mol. The molecule has 0 bridgehead atoms. The van der Waals surface area contributed by atoms with Gasteiger partial charge in [-0.1, -0.05) is 36.4 Å². The zero-order valence-electron chi connectivity index (χ0n) is 14.9. The van der Waals surface area contributed by atoms with Crippen LogP contribution in [-0.2, 0) is 16.1 Å². The lowest BCUT2D eigenvalue weighted by atomic mass is 10.2. The van der Waals surface area contributed by atoms with Crippen molar-refractivity contribution in [3.05, 3.63) is 64.5 Å². The second-order valence-corrected chi connectivity index (χ2v) is 7.53. The second-order valence-electron chi connectivity index (χ2n) is 5.72. The largest absolute Gasteiger partial charge is 0.448 e. The van der Waals surface area contributed by atoms with E-state index >= 15 is 0 Å². The molecule has 3 amide bonds. The summed E-state index contributed by atoms with van der Waals surface area (Å²) in [6.07, 6.45) is -1.14. The van der Waals surface area contributed by atoms with Crippen LogP contribution in [0, 0.1) is 0 Å². The zero-order chi connectivity index (χ0) is 19.9. The highest BCUT2D eigenvalue weighted by Gasteiger charge is 2.22. The van der Waals surface area contributed by atoms with Crippen molar-refractivity contribution in [2.75, 3.05) is 0 Å². The van der Waals surface area contributed by atoms with E-state index in [1.54, 1.807) is 5.38 Å². The number of benzene rings is 1. The smallest absolute Gasteiger partial charge is 0.358 e. The first-order valence-electron chi connectivity index (χ1n) is 8.36. The van der Waals surface area contributed by atoms with Gasteiger partial charge in [0.05, 0.1) is 4.88 Å². The zero-order valence-corrected chi connectivity index (χ0v) is 16.5. The van der Waals surface area contributed by atoms with Gasteiger partial charge in [0, 0.05) is 11.9 Å². The number of carbonyl (C=O) groups excluding carboxylic acids is 3. The molecule has 0 aliphatic heterocycles. The Bertz CT molecular complexity index is 955. The molecule has 3 rings (SSSR count). The number of imide groups is 1. The number of rotatable bonds is 6. The number of nitrogens with one attached hydrogen (secondary N) is 2. The topological polar surface area (TPSA) is 97.4 Å². The molecule has 0 aliphatic carbocycles. The van der Waals surface area contributed by atoms with Crippen LogP contribution < -0.4 is 10.6 Å². The molecule has 0 unspecified atom stereocenters. The van der Waals surface area contributed by atoms with Crippen LogP contribution in [0.3, 0.4) is 0 Å². The number of urea groups is 1. The Balaban J connectivity index is 1.48. The van der Waals surface area contributed by atoms with Gasteiger partial charge < -0.3 is 10.1 Å². The van der Waals surface area contributed by atoms with Crippen LogP contribution in [0.4, 0.5) is 4.79 Å². The van der Waals surface area contributed by atoms with Crippen LogP contribution in [0.1, 0.15) is 23.0 Å². The predicted molar refractivity (Wildman–Crippen MR) is 107 cm³/mol. The molecule has 0 aliphatic rings. The molecular formula is C19H17N3O4S2. The standard InChI is InChI=1S/C19H17N3O4S2/c1-12(16(23)22-19(25)20-10-13-6-3-2-4-7-13)26-18(24)14-11-28-17(21-14)15-8-5-9-27-15/h2-9,11-12H,10H2,1H3,(H2,20,22,23,25)/t12-/m0/s1. The van der Waals surface area contributed by atoms with Gasteiger partial charge in [0.25, 0.3) is 5.91 Å². The summed E-state index contributed by atoms with van der Waals surface area (Å²) >= 11 is 2.84. The highest BCUT2D eigenvalue weighted by atomic mass is 32.1. The van der Waals surface area contributed by atoms with Gasteiger partial charge in [-0.2, -0.15) is 0 Å². The normalized spacial score (nSPS) is 11.5. The van der Waals surface area contributed by atoms with Gasteiger partial charge in [-0.3, -0.25) is 10.1 Å². The maximum absolute atomic E-state index is 12.2. The third-order valence-electron chi connectivity index (χ3n) is 3.63. The predicted octanol–water partition coefficient (Wildman–Crippen LogP) is 3.44. The molecule has 2 heterocycles. The summed E-state index contributed by atoms with van der Waals surface area (Å²) < 4.78 is 5.11. The summed E-state index contributed by atoms with van der Waals surface area (Å²) in [7, 11) is 0. The Hall–Kier alpha value is -3.04. The third-order valence-corrected chi connectivity index (χ3v) is 5.51. The van der Waals surface area contributed by atoms with E-state index in [-0.39, 0.29) is 12.2 Å². The van der Waals surface area contributed by atoms with E-state index in [1.807, 2.05) is 47.8 Å². The fourth-order valence-corrected chi connectivity index (χ4v) is 3.79. The van der Waals surface area contributed by atoms with Gasteiger partial charge in [0.2, 0.25) is 0 Å². The highest BCUT2D eigenvalue weighted by Crippen LogP contribution is 2.28. The molecule has 0 radical (unpaired) electrons. The van der Waals surface area contributed by atoms with Crippen LogP contribution in [0.15, 0.2) is 53.2 Å². The van der Waals surface area contributed by atoms with Crippen LogP contribution >= 0.6 is 22.7 Å². The van der Waals surface area contributed by atoms with E-state index in [4.69, 9.17) is 4.74 Å². The van der Waals surface area contributed by atoms with Crippen molar-refractivity contribution in [2.45, 2.75) is 19.6 Å². The number of thiazole rings is 1. The molecule has 1 atom stereocenters. The summed E-state index contributed by atoms with van der Waals surface area (Å²) in [5.74, 6) is -1.43. The molecule has 2 N–H and O–H groups in total. The number of thiophene rings is 1. The minimum Gasteiger partial charge on any atom is -0.448 e. The quantitative estimate of drug-likeness (QED) is 0.601. The number of esters is 1. The Morgan fingerprint density at radius 2 is 1.89 bits per heavy atom. The van der Waals surface area contributed by atoms with E-state index in [2.05, 4.69) is 15.6 Å². The number of aromatic nitrogens is 1. The first-order valence-corrected chi connectivity index (χ1v) is 10.1. The van der Waals surface area contributed by atoms with Crippen LogP contribution in [0.2, 0.25) is 0 Å². The molecule has 0 saturated carbocycles. The lowest BCUT2D eigenvalue weighted by Gasteiger charge is -2.12. The fourth-order valence-electron chi connectivity index (χ4n) is 2.19. The van der Waals surface area contributed by atoms with Gasteiger partial charge in [0.15, 0.2) is 11.8 Å². The van der Waals surface area contributed by atoms with Crippen LogP contribution in [-0.4, -0.2) is 29.0 Å². The molecule has 9 heteroatoms. The molecule has 1 aromatic carbocycles. The van der Waals surface area contributed by atoms with Crippen molar-refractivity contribution in [1.29, 1.82) is 0 Å². The van der Waals surface area contributed by atoms with E-state index in [0.717, 1.165) is 10.4 Å². The maximum Gasteiger partial charge on any atom is 0.358 e. The average molecular weight is 415 g/mol. The van der Waals surface area contributed by atoms with Crippen molar-refractivity contribution >= 4 is 40.6 Å². The van der Waals surface area contributed by atoms with Gasteiger partial charge in [-0.05, 0) is 23.9 Å². The van der Waals surface area contributed by atoms with Crippen molar-refractivity contribution in [1.82, 2.24) is 15.6 Å². The molecular weight excluding hydrogens is 398 g/mol. The number of nitrogens with zero attached hydrogens (tertiary/aromatic N) is 1. The molecule has 7 nitrogen and oxygen atoms in total. The van der Waals surface area contributed by atoms with Crippen molar-refractivity contribution in [3.63, 3.8) is 0 Å². The second kappa shape index (κ2) is 9.25. The molecule has 2 aromatic heterocycles. The van der Waals surface area contributed by atoms with Gasteiger partial charge >= 0.3 is 12.0 Å². The summed E-state index contributed by atoms with van der Waals surface area (Å²) in [4.78, 5) is 41.3. The Morgan fingerprint density at radius 3 is 2.61 bits per heavy atom. The maximum atomic E-state index is 12.2. The molecule has 144 valence electrons. The van der Waals surface area contributed by atoms with E-state index in [1.165, 1.54) is 29.6 Å². The lowest BCUT2D eigenvalue weighted by molar-refractivity contribution is -0.127. The third kappa shape index (κ3) is 5.24. The van der Waals surface area contributed by atoms with Crippen molar-refractivity contribution in [3.8, 4) is 9.88 Å². The van der Waals surface area contributed by atoms with Crippen LogP contribution in [0.5, 0.6) is 0 Å². The number of hydrogen-bond donors (Lipinski definition) is 2. The van der Waals surface area contributed by atoms with Gasteiger partial charge in [-0.15, -0.1) is 22.7 Å². The SMILES string of the molecule is C[C@H](OC(=O)c1csc(-c2cccs2)n1)C(=O)NC(=O)NCc1ccccc1. The van der Waals surface area contributed by atoms with Gasteiger partial charge in [-0.25, -0.2) is 14.6 Å². The molecule has 0 spiro atoms. The molecule has 28 heavy (non-hydrogen) atoms. The number of carbonyl (C=O) groups is 3. The fraction of sp³-hybridized carbons (Fsp3) is 0.158. The van der Waals surface area contributed by atoms with Crippen LogP contribution in [0.25, 0.3) is 9.88 Å². The molecule has 0 fully saturated rings. The average Bonchev–Trinajstić information content (AvgIpc) is 3.38. The Kier molecular flexibility index (Phi) is 6.51. The summed E-state index contributed by atoms with van der Waals surface area (Å²) in [5.41, 5.74) is 1.02. The van der Waals surface area contributed by atoms with E-state index in [9.17, 15) is 14.4 Å². The first kappa shape index (κ1) is 19.7.